The summed E-state index contributed by atoms with van der Waals surface area (Å²) in [7, 11) is 0. The van der Waals surface area contributed by atoms with Crippen molar-refractivity contribution in [1.82, 2.24) is 10.1 Å². The van der Waals surface area contributed by atoms with Gasteiger partial charge in [0.1, 0.15) is 6.10 Å². The normalized spacial score (nSPS) is 32.1. The molecule has 5 nitrogen and oxygen atoms in total. The Labute approximate surface area is 101 Å². The average Bonchev–Trinajstić information content (AvgIpc) is 2.96. The first-order valence-corrected chi connectivity index (χ1v) is 6.46. The third-order valence-corrected chi connectivity index (χ3v) is 3.89. The van der Waals surface area contributed by atoms with E-state index in [0.717, 1.165) is 38.5 Å². The minimum atomic E-state index is -0.369. The molecular weight excluding hydrogens is 218 g/mol. The first-order valence-electron chi connectivity index (χ1n) is 6.46. The molecule has 0 bridgehead atoms. The zero-order valence-corrected chi connectivity index (χ0v) is 10.2. The zero-order chi connectivity index (χ0) is 11.9. The summed E-state index contributed by atoms with van der Waals surface area (Å²) in [4.78, 5) is 4.45. The molecule has 1 saturated heterocycles. The first kappa shape index (κ1) is 11.2. The topological polar surface area (TPSA) is 74.2 Å². The summed E-state index contributed by atoms with van der Waals surface area (Å²) in [6.45, 7) is 2.07. The van der Waals surface area contributed by atoms with Crippen molar-refractivity contribution in [3.63, 3.8) is 0 Å². The molecule has 3 rings (SSSR count). The van der Waals surface area contributed by atoms with Crippen LogP contribution in [0.15, 0.2) is 4.52 Å². The van der Waals surface area contributed by atoms with Crippen molar-refractivity contribution >= 4 is 0 Å². The molecule has 1 aromatic rings. The Kier molecular flexibility index (Phi) is 2.67. The zero-order valence-electron chi connectivity index (χ0n) is 10.2. The number of ether oxygens (including phenoxy) is 1. The van der Waals surface area contributed by atoms with E-state index in [1.54, 1.807) is 0 Å². The largest absolute Gasteiger partial charge is 0.365 e. The van der Waals surface area contributed by atoms with Crippen molar-refractivity contribution in [2.24, 2.45) is 5.73 Å². The number of aromatic nitrogens is 2. The molecule has 17 heavy (non-hydrogen) atoms. The van der Waals surface area contributed by atoms with Crippen LogP contribution in [0.4, 0.5) is 0 Å². The van der Waals surface area contributed by atoms with E-state index >= 15 is 0 Å². The van der Waals surface area contributed by atoms with Crippen LogP contribution >= 0.6 is 0 Å². The van der Waals surface area contributed by atoms with E-state index in [1.807, 2.05) is 0 Å². The highest BCUT2D eigenvalue weighted by Gasteiger charge is 2.37. The van der Waals surface area contributed by atoms with Gasteiger partial charge in [0.2, 0.25) is 0 Å². The molecule has 2 aliphatic rings. The van der Waals surface area contributed by atoms with E-state index in [2.05, 4.69) is 17.1 Å². The molecule has 0 spiro atoms. The minimum Gasteiger partial charge on any atom is -0.365 e. The second kappa shape index (κ2) is 4.07. The van der Waals surface area contributed by atoms with Gasteiger partial charge in [-0.1, -0.05) is 18.0 Å². The van der Waals surface area contributed by atoms with Crippen LogP contribution in [0.2, 0.25) is 0 Å². The van der Waals surface area contributed by atoms with Crippen LogP contribution in [0, 0.1) is 0 Å². The highest BCUT2D eigenvalue weighted by molar-refractivity contribution is 5.07. The van der Waals surface area contributed by atoms with Crippen molar-refractivity contribution in [2.75, 3.05) is 0 Å². The molecule has 2 fully saturated rings. The second-order valence-corrected chi connectivity index (χ2v) is 5.33. The highest BCUT2D eigenvalue weighted by Crippen LogP contribution is 2.37. The van der Waals surface area contributed by atoms with Gasteiger partial charge in [-0.15, -0.1) is 0 Å². The lowest BCUT2D eigenvalue weighted by atomic mass is 9.99. The Morgan fingerprint density at radius 1 is 1.29 bits per heavy atom. The van der Waals surface area contributed by atoms with Gasteiger partial charge in [-0.05, 0) is 32.6 Å². The van der Waals surface area contributed by atoms with E-state index in [1.165, 1.54) is 0 Å². The van der Waals surface area contributed by atoms with Crippen LogP contribution in [0.5, 0.6) is 0 Å². The summed E-state index contributed by atoms with van der Waals surface area (Å²) in [6, 6.07) is 0. The van der Waals surface area contributed by atoms with Crippen LogP contribution in [0.25, 0.3) is 0 Å². The molecule has 2 N–H and O–H groups in total. The van der Waals surface area contributed by atoms with Crippen molar-refractivity contribution in [3.8, 4) is 0 Å². The van der Waals surface area contributed by atoms with Gasteiger partial charge in [-0.25, -0.2) is 0 Å². The van der Waals surface area contributed by atoms with E-state index in [0.29, 0.717) is 11.7 Å². The molecule has 2 atom stereocenters. The van der Waals surface area contributed by atoms with Crippen LogP contribution < -0.4 is 5.73 Å². The number of nitrogens with zero attached hydrogens (tertiary/aromatic N) is 2. The maximum atomic E-state index is 6.29. The van der Waals surface area contributed by atoms with Gasteiger partial charge >= 0.3 is 0 Å². The maximum absolute atomic E-state index is 6.29. The fourth-order valence-corrected chi connectivity index (χ4v) is 2.78. The molecule has 5 heteroatoms. The predicted molar refractivity (Wildman–Crippen MR) is 61.2 cm³/mol. The van der Waals surface area contributed by atoms with E-state index in [4.69, 9.17) is 15.0 Å². The Hall–Kier alpha value is -0.940. The summed E-state index contributed by atoms with van der Waals surface area (Å²) in [5.74, 6) is 1.26. The van der Waals surface area contributed by atoms with Gasteiger partial charge in [0.25, 0.3) is 5.89 Å². The lowest BCUT2D eigenvalue weighted by Crippen LogP contribution is -2.34. The molecule has 1 aliphatic heterocycles. The fraction of sp³-hybridized carbons (Fsp3) is 0.833. The van der Waals surface area contributed by atoms with E-state index in [-0.39, 0.29) is 17.7 Å². The van der Waals surface area contributed by atoms with Crippen molar-refractivity contribution in [1.29, 1.82) is 0 Å². The minimum absolute atomic E-state index is 0.0312. The smallest absolute Gasteiger partial charge is 0.255 e. The summed E-state index contributed by atoms with van der Waals surface area (Å²) < 4.78 is 11.0. The monoisotopic (exact) mass is 237 g/mol. The Balaban J connectivity index is 1.78. The van der Waals surface area contributed by atoms with Gasteiger partial charge < -0.3 is 15.0 Å². The molecule has 1 aromatic heterocycles. The van der Waals surface area contributed by atoms with Gasteiger partial charge in [-0.2, -0.15) is 4.98 Å². The molecule has 0 radical (unpaired) electrons. The molecular formula is C12H19N3O2. The third kappa shape index (κ3) is 1.98. The second-order valence-electron chi connectivity index (χ2n) is 5.33. The predicted octanol–water partition coefficient (Wildman–Crippen LogP) is 2.04. The Morgan fingerprint density at radius 3 is 2.71 bits per heavy atom. The quantitative estimate of drug-likeness (QED) is 0.852. The highest BCUT2D eigenvalue weighted by atomic mass is 16.5. The van der Waals surface area contributed by atoms with E-state index < -0.39 is 0 Å². The SMILES string of the molecule is CC1CCC(c2nc(C3(N)CCCC3)no2)O1. The van der Waals surface area contributed by atoms with Crippen molar-refractivity contribution in [3.05, 3.63) is 11.7 Å². The Morgan fingerprint density at radius 2 is 2.06 bits per heavy atom. The van der Waals surface area contributed by atoms with E-state index in [9.17, 15) is 0 Å². The summed E-state index contributed by atoms with van der Waals surface area (Å²) >= 11 is 0. The number of rotatable bonds is 2. The van der Waals surface area contributed by atoms with Gasteiger partial charge in [0.05, 0.1) is 11.6 Å². The molecule has 1 aliphatic carbocycles. The maximum Gasteiger partial charge on any atom is 0.255 e. The van der Waals surface area contributed by atoms with Crippen LogP contribution in [0.3, 0.4) is 0 Å². The molecule has 2 heterocycles. The van der Waals surface area contributed by atoms with Crippen LogP contribution in [-0.2, 0) is 10.3 Å². The standard InChI is InChI=1S/C12H19N3O2/c1-8-4-5-9(16-8)10-14-11(15-17-10)12(13)6-2-3-7-12/h8-9H,2-7,13H2,1H3. The summed E-state index contributed by atoms with van der Waals surface area (Å²) in [5.41, 5.74) is 5.92. The third-order valence-electron chi connectivity index (χ3n) is 3.89. The number of hydrogen-bond acceptors (Lipinski definition) is 5. The molecule has 94 valence electrons. The lowest BCUT2D eigenvalue weighted by Gasteiger charge is -2.17. The molecule has 0 amide bonds. The van der Waals surface area contributed by atoms with Gasteiger partial charge in [-0.3, -0.25) is 0 Å². The first-order chi connectivity index (χ1) is 8.17. The number of nitrogens with two attached hydrogens (primary N) is 1. The lowest BCUT2D eigenvalue weighted by molar-refractivity contribution is 0.0355. The van der Waals surface area contributed by atoms with Crippen LogP contribution in [0.1, 0.15) is 63.3 Å². The fourth-order valence-electron chi connectivity index (χ4n) is 2.78. The Bertz CT molecular complexity index is 398. The summed E-state index contributed by atoms with van der Waals surface area (Å²) in [5, 5.41) is 4.05. The van der Waals surface area contributed by atoms with Crippen LogP contribution in [-0.4, -0.2) is 16.2 Å². The van der Waals surface area contributed by atoms with Gasteiger partial charge in [0.15, 0.2) is 5.82 Å². The summed E-state index contributed by atoms with van der Waals surface area (Å²) in [6.07, 6.45) is 6.47. The number of hydrogen-bond donors (Lipinski definition) is 1. The molecule has 0 aromatic carbocycles. The molecule has 1 saturated carbocycles. The van der Waals surface area contributed by atoms with Crippen molar-refractivity contribution < 1.29 is 9.26 Å². The molecule has 2 unspecified atom stereocenters. The van der Waals surface area contributed by atoms with Gasteiger partial charge in [0, 0.05) is 0 Å². The average molecular weight is 237 g/mol. The van der Waals surface area contributed by atoms with Crippen molar-refractivity contribution in [2.45, 2.75) is 63.2 Å².